The number of nitrogens with one attached hydrogen (secondary N) is 1. The van der Waals surface area contributed by atoms with Crippen LogP contribution in [0.15, 0.2) is 60.7 Å². The maximum atomic E-state index is 12.5. The highest BCUT2D eigenvalue weighted by atomic mass is 127. The first-order valence-electron chi connectivity index (χ1n) is 6.81. The monoisotopic (exact) mass is 403 g/mol. The Labute approximate surface area is 142 Å². The normalized spacial score (nSPS) is 10.5. The van der Waals surface area contributed by atoms with Crippen LogP contribution in [0.1, 0.15) is 10.4 Å². The van der Waals surface area contributed by atoms with E-state index in [-0.39, 0.29) is 5.91 Å². The molecule has 0 heterocycles. The second-order valence-electron chi connectivity index (χ2n) is 4.86. The number of hydrogen-bond acceptors (Lipinski definition) is 2. The summed E-state index contributed by atoms with van der Waals surface area (Å²) in [5.74, 6) is 0.394. The first-order valence-corrected chi connectivity index (χ1v) is 7.89. The van der Waals surface area contributed by atoms with Crippen molar-refractivity contribution in [2.24, 2.45) is 0 Å². The molecule has 0 aliphatic heterocycles. The first kappa shape index (κ1) is 14.8. The molecule has 4 heteroatoms. The molecule has 0 aliphatic carbocycles. The second kappa shape index (κ2) is 6.36. The summed E-state index contributed by atoms with van der Waals surface area (Å²) < 4.78 is 6.49. The Morgan fingerprint density at radius 3 is 2.27 bits per heavy atom. The molecule has 3 aromatic rings. The number of fused-ring (bicyclic) bond motifs is 1. The van der Waals surface area contributed by atoms with E-state index in [1.165, 1.54) is 0 Å². The summed E-state index contributed by atoms with van der Waals surface area (Å²) in [4.78, 5) is 12.5. The van der Waals surface area contributed by atoms with Crippen molar-refractivity contribution >= 4 is 45.0 Å². The van der Waals surface area contributed by atoms with Crippen molar-refractivity contribution in [2.45, 2.75) is 0 Å². The van der Waals surface area contributed by atoms with Gasteiger partial charge in [0.1, 0.15) is 5.75 Å². The Morgan fingerprint density at radius 1 is 1.00 bits per heavy atom. The number of amides is 1. The Hall–Kier alpha value is -2.08. The predicted molar refractivity (Wildman–Crippen MR) is 97.6 cm³/mol. The van der Waals surface area contributed by atoms with Gasteiger partial charge in [0.15, 0.2) is 0 Å². The van der Waals surface area contributed by atoms with E-state index in [0.29, 0.717) is 11.3 Å². The van der Waals surface area contributed by atoms with Gasteiger partial charge in [-0.2, -0.15) is 0 Å². The van der Waals surface area contributed by atoms with Gasteiger partial charge >= 0.3 is 0 Å². The fourth-order valence-corrected chi connectivity index (χ4v) is 2.66. The Balaban J connectivity index is 1.97. The van der Waals surface area contributed by atoms with Crippen LogP contribution in [0.5, 0.6) is 5.75 Å². The van der Waals surface area contributed by atoms with Crippen LogP contribution in [-0.4, -0.2) is 13.0 Å². The summed E-state index contributed by atoms with van der Waals surface area (Å²) in [6, 6.07) is 19.3. The number of hydrogen-bond donors (Lipinski definition) is 1. The summed E-state index contributed by atoms with van der Waals surface area (Å²) in [7, 11) is 1.58. The van der Waals surface area contributed by atoms with E-state index in [2.05, 4.69) is 27.9 Å². The molecule has 0 fully saturated rings. The predicted octanol–water partition coefficient (Wildman–Crippen LogP) is 4.71. The Kier molecular flexibility index (Phi) is 4.29. The molecule has 0 spiro atoms. The van der Waals surface area contributed by atoms with Gasteiger partial charge in [-0.3, -0.25) is 4.79 Å². The topological polar surface area (TPSA) is 38.3 Å². The molecule has 22 heavy (non-hydrogen) atoms. The summed E-state index contributed by atoms with van der Waals surface area (Å²) in [5, 5.41) is 4.96. The molecule has 110 valence electrons. The lowest BCUT2D eigenvalue weighted by molar-refractivity contribution is 0.102. The van der Waals surface area contributed by atoms with Gasteiger partial charge in [0.2, 0.25) is 0 Å². The molecule has 0 saturated heterocycles. The van der Waals surface area contributed by atoms with Gasteiger partial charge < -0.3 is 10.1 Å². The number of anilines is 1. The average molecular weight is 403 g/mol. The fourth-order valence-electron chi connectivity index (χ4n) is 2.30. The number of carbonyl (C=O) groups is 1. The zero-order chi connectivity index (χ0) is 15.5. The molecular weight excluding hydrogens is 389 g/mol. The van der Waals surface area contributed by atoms with Crippen LogP contribution in [0, 0.1) is 3.57 Å². The van der Waals surface area contributed by atoms with Crippen molar-refractivity contribution in [1.29, 1.82) is 0 Å². The van der Waals surface area contributed by atoms with Crippen LogP contribution in [0.25, 0.3) is 10.8 Å². The molecule has 3 nitrogen and oxygen atoms in total. The molecular formula is C18H14INO2. The summed E-state index contributed by atoms with van der Waals surface area (Å²) in [5.41, 5.74) is 1.29. The third-order valence-electron chi connectivity index (χ3n) is 3.41. The van der Waals surface area contributed by atoms with Gasteiger partial charge in [-0.05, 0) is 69.8 Å². The lowest BCUT2D eigenvalue weighted by Gasteiger charge is -2.11. The largest absolute Gasteiger partial charge is 0.496 e. The number of rotatable bonds is 3. The minimum absolute atomic E-state index is 0.177. The molecule has 0 aliphatic rings. The highest BCUT2D eigenvalue weighted by Gasteiger charge is 2.13. The lowest BCUT2D eigenvalue weighted by atomic mass is 10.1. The molecule has 0 saturated carbocycles. The number of carbonyl (C=O) groups excluding carboxylic acids is 1. The molecule has 3 aromatic carbocycles. The van der Waals surface area contributed by atoms with E-state index in [1.54, 1.807) is 7.11 Å². The quantitative estimate of drug-likeness (QED) is 0.644. The van der Waals surface area contributed by atoms with Gasteiger partial charge in [-0.25, -0.2) is 0 Å². The Bertz CT molecular complexity index is 828. The van der Waals surface area contributed by atoms with Crippen LogP contribution in [0.3, 0.4) is 0 Å². The minimum atomic E-state index is -0.177. The van der Waals surface area contributed by atoms with Crippen molar-refractivity contribution < 1.29 is 9.53 Å². The summed E-state index contributed by atoms with van der Waals surface area (Å²) in [6.07, 6.45) is 0. The van der Waals surface area contributed by atoms with E-state index in [0.717, 1.165) is 20.0 Å². The van der Waals surface area contributed by atoms with Gasteiger partial charge in [0.25, 0.3) is 5.91 Å². The van der Waals surface area contributed by atoms with Crippen LogP contribution >= 0.6 is 22.6 Å². The van der Waals surface area contributed by atoms with Crippen LogP contribution in [0.4, 0.5) is 5.69 Å². The van der Waals surface area contributed by atoms with Gasteiger partial charge in [0.05, 0.1) is 12.7 Å². The van der Waals surface area contributed by atoms with Gasteiger partial charge in [0, 0.05) is 9.26 Å². The molecule has 1 N–H and O–H groups in total. The highest BCUT2D eigenvalue weighted by Crippen LogP contribution is 2.26. The van der Waals surface area contributed by atoms with Crippen molar-refractivity contribution in [3.63, 3.8) is 0 Å². The fraction of sp³-hybridized carbons (Fsp3) is 0.0556. The number of benzene rings is 3. The number of methoxy groups -OCH3 is 1. The minimum Gasteiger partial charge on any atom is -0.496 e. The summed E-state index contributed by atoms with van der Waals surface area (Å²) in [6.45, 7) is 0. The number of halogens is 1. The number of ether oxygens (including phenoxy) is 1. The molecule has 0 radical (unpaired) electrons. The molecule has 0 aromatic heterocycles. The van der Waals surface area contributed by atoms with Crippen molar-refractivity contribution in [3.8, 4) is 5.75 Å². The summed E-state index contributed by atoms with van der Waals surface area (Å²) >= 11 is 2.23. The van der Waals surface area contributed by atoms with Crippen LogP contribution < -0.4 is 10.1 Å². The first-order chi connectivity index (χ1) is 10.7. The SMILES string of the molecule is COc1cc2ccccc2cc1C(=O)Nc1ccc(I)cc1. The lowest BCUT2D eigenvalue weighted by Crippen LogP contribution is -2.13. The van der Waals surface area contributed by atoms with E-state index >= 15 is 0 Å². The maximum Gasteiger partial charge on any atom is 0.259 e. The molecule has 3 rings (SSSR count). The molecule has 1 amide bonds. The van der Waals surface area contributed by atoms with Crippen LogP contribution in [-0.2, 0) is 0 Å². The standard InChI is InChI=1S/C18H14INO2/c1-22-17-11-13-5-3-2-4-12(13)10-16(17)18(21)20-15-8-6-14(19)7-9-15/h2-11H,1H3,(H,20,21). The van der Waals surface area contributed by atoms with Gasteiger partial charge in [-0.15, -0.1) is 0 Å². The highest BCUT2D eigenvalue weighted by molar-refractivity contribution is 14.1. The van der Waals surface area contributed by atoms with Crippen LogP contribution in [0.2, 0.25) is 0 Å². The van der Waals surface area contributed by atoms with E-state index in [9.17, 15) is 4.79 Å². The van der Waals surface area contributed by atoms with Gasteiger partial charge in [-0.1, -0.05) is 24.3 Å². The Morgan fingerprint density at radius 2 is 1.64 bits per heavy atom. The van der Waals surface area contributed by atoms with E-state index < -0.39 is 0 Å². The second-order valence-corrected chi connectivity index (χ2v) is 6.11. The van der Waals surface area contributed by atoms with E-state index in [1.807, 2.05) is 60.7 Å². The van der Waals surface area contributed by atoms with E-state index in [4.69, 9.17) is 4.74 Å². The van der Waals surface area contributed by atoms with Crippen molar-refractivity contribution in [1.82, 2.24) is 0 Å². The third-order valence-corrected chi connectivity index (χ3v) is 4.13. The zero-order valence-electron chi connectivity index (χ0n) is 12.0. The molecule has 0 unspecified atom stereocenters. The average Bonchev–Trinajstić information content (AvgIpc) is 2.55. The molecule has 0 atom stereocenters. The smallest absolute Gasteiger partial charge is 0.259 e. The van der Waals surface area contributed by atoms with Crippen molar-refractivity contribution in [2.75, 3.05) is 12.4 Å². The van der Waals surface area contributed by atoms with Crippen molar-refractivity contribution in [3.05, 3.63) is 69.8 Å². The third kappa shape index (κ3) is 3.06. The zero-order valence-corrected chi connectivity index (χ0v) is 14.1. The maximum absolute atomic E-state index is 12.5. The molecule has 0 bridgehead atoms.